The fourth-order valence-electron chi connectivity index (χ4n) is 1.05. The van der Waals surface area contributed by atoms with Crippen LogP contribution >= 0.6 is 12.6 Å². The van der Waals surface area contributed by atoms with Crippen LogP contribution in [0.1, 0.15) is 27.6 Å². The first-order valence-corrected chi connectivity index (χ1v) is 5.87. The first-order chi connectivity index (χ1) is 8.81. The Morgan fingerprint density at radius 2 is 1.68 bits per heavy atom. The number of thiol groups is 1. The van der Waals surface area contributed by atoms with Crippen molar-refractivity contribution in [1.82, 2.24) is 0 Å². The topological polar surface area (TPSA) is 118 Å². The molecular weight excluding hydrogens is 270 g/mol. The minimum Gasteiger partial charge on any atom is -0.480 e. The number of carbonyl (C=O) groups is 3. The van der Waals surface area contributed by atoms with E-state index >= 15 is 0 Å². The summed E-state index contributed by atoms with van der Waals surface area (Å²) in [4.78, 5) is 31.2. The Morgan fingerprint density at radius 1 is 1.21 bits per heavy atom. The van der Waals surface area contributed by atoms with E-state index < -0.39 is 18.0 Å². The van der Waals surface area contributed by atoms with Crippen LogP contribution in [0.4, 0.5) is 0 Å². The lowest BCUT2D eigenvalue weighted by Crippen LogP contribution is -2.31. The number of rotatable bonds is 4. The van der Waals surface area contributed by atoms with Crippen LogP contribution in [-0.2, 0) is 4.79 Å². The zero-order valence-electron chi connectivity index (χ0n) is 10.2. The highest BCUT2D eigenvalue weighted by Crippen LogP contribution is 2.08. The number of nitrogens with two attached hydrogens (primary N) is 1. The predicted octanol–water partition coefficient (Wildman–Crippen LogP) is 0.916. The maximum atomic E-state index is 10.9. The molecule has 0 saturated carbocycles. The Morgan fingerprint density at radius 3 is 1.89 bits per heavy atom. The molecule has 0 aliphatic heterocycles. The number of carboxylic acid groups (broad SMARTS) is 2. The number of carbonyl (C=O) groups excluding carboxylic acids is 1. The van der Waals surface area contributed by atoms with Crippen molar-refractivity contribution < 1.29 is 24.6 Å². The first-order valence-electron chi connectivity index (χ1n) is 5.23. The van der Waals surface area contributed by atoms with Crippen LogP contribution in [-0.4, -0.2) is 39.7 Å². The molecular formula is C12H15NO5S. The minimum absolute atomic E-state index is 0.0602. The largest absolute Gasteiger partial charge is 0.480 e. The summed E-state index contributed by atoms with van der Waals surface area (Å²) in [6.07, 6.45) is 0. The molecule has 1 rings (SSSR count). The zero-order valence-corrected chi connectivity index (χ0v) is 11.1. The summed E-state index contributed by atoms with van der Waals surface area (Å²) in [6.45, 7) is 1.35. The van der Waals surface area contributed by atoms with Gasteiger partial charge in [-0.1, -0.05) is 18.2 Å². The van der Waals surface area contributed by atoms with E-state index in [1.165, 1.54) is 19.1 Å². The summed E-state index contributed by atoms with van der Waals surface area (Å²) < 4.78 is 0. The van der Waals surface area contributed by atoms with Crippen LogP contribution in [0.5, 0.6) is 0 Å². The Labute approximate surface area is 115 Å². The third-order valence-corrected chi connectivity index (χ3v) is 2.44. The highest BCUT2D eigenvalue weighted by Gasteiger charge is 2.11. The van der Waals surface area contributed by atoms with Crippen LogP contribution in [0.25, 0.3) is 0 Å². The van der Waals surface area contributed by atoms with Gasteiger partial charge in [0.25, 0.3) is 0 Å². The monoisotopic (exact) mass is 285 g/mol. The highest BCUT2D eigenvalue weighted by atomic mass is 32.1. The van der Waals surface area contributed by atoms with Crippen molar-refractivity contribution in [2.75, 3.05) is 5.75 Å². The van der Waals surface area contributed by atoms with Gasteiger partial charge in [-0.25, -0.2) is 4.79 Å². The minimum atomic E-state index is -1.07. The molecule has 4 N–H and O–H groups in total. The lowest BCUT2D eigenvalue weighted by molar-refractivity contribution is -0.137. The summed E-state index contributed by atoms with van der Waals surface area (Å²) in [5.41, 5.74) is 5.25. The number of hydrogen-bond donors (Lipinski definition) is 4. The van der Waals surface area contributed by atoms with Gasteiger partial charge in [-0.05, 0) is 13.0 Å². The molecule has 1 aromatic rings. The maximum Gasteiger partial charge on any atom is 0.336 e. The van der Waals surface area contributed by atoms with E-state index in [1.807, 2.05) is 0 Å². The molecule has 19 heavy (non-hydrogen) atoms. The van der Waals surface area contributed by atoms with Crippen LogP contribution < -0.4 is 5.73 Å². The number of hydrogen-bond acceptors (Lipinski definition) is 5. The quantitative estimate of drug-likeness (QED) is 0.482. The summed E-state index contributed by atoms with van der Waals surface area (Å²) in [6, 6.07) is 5.34. The molecule has 1 aromatic carbocycles. The van der Waals surface area contributed by atoms with Crippen LogP contribution in [0.2, 0.25) is 0 Å². The van der Waals surface area contributed by atoms with Crippen LogP contribution in [0.15, 0.2) is 24.3 Å². The lowest BCUT2D eigenvalue weighted by atomic mass is 10.1. The van der Waals surface area contributed by atoms with E-state index in [9.17, 15) is 14.4 Å². The highest BCUT2D eigenvalue weighted by molar-refractivity contribution is 7.80. The second kappa shape index (κ2) is 8.28. The number of Topliss-reactive ketones (excluding diaryl/α,β-unsaturated/α-hetero) is 1. The molecule has 0 saturated heterocycles. The van der Waals surface area contributed by atoms with Gasteiger partial charge in [0, 0.05) is 11.3 Å². The van der Waals surface area contributed by atoms with Crippen molar-refractivity contribution in [3.63, 3.8) is 0 Å². The van der Waals surface area contributed by atoms with E-state index in [4.69, 9.17) is 15.9 Å². The van der Waals surface area contributed by atoms with E-state index in [-0.39, 0.29) is 22.7 Å². The molecule has 0 amide bonds. The van der Waals surface area contributed by atoms with Gasteiger partial charge < -0.3 is 15.9 Å². The van der Waals surface area contributed by atoms with Crippen molar-refractivity contribution in [3.8, 4) is 0 Å². The Hall–Kier alpha value is -1.86. The maximum absolute atomic E-state index is 10.9. The molecule has 0 aromatic heterocycles. The number of aromatic carboxylic acids is 1. The molecule has 0 radical (unpaired) electrons. The van der Waals surface area contributed by atoms with Gasteiger partial charge in [-0.15, -0.1) is 0 Å². The molecule has 1 atom stereocenters. The lowest BCUT2D eigenvalue weighted by Gasteiger charge is -1.99. The van der Waals surface area contributed by atoms with Gasteiger partial charge in [0.1, 0.15) is 6.04 Å². The van der Waals surface area contributed by atoms with Crippen molar-refractivity contribution in [2.45, 2.75) is 13.0 Å². The Kier molecular flexibility index (Phi) is 7.47. The summed E-state index contributed by atoms with van der Waals surface area (Å²) in [7, 11) is 0. The van der Waals surface area contributed by atoms with E-state index in [0.717, 1.165) is 0 Å². The Balaban J connectivity index is 0.000000399. The second-order valence-corrected chi connectivity index (χ2v) is 3.90. The molecule has 104 valence electrons. The van der Waals surface area contributed by atoms with Gasteiger partial charge in [-0.3, -0.25) is 9.59 Å². The number of aliphatic carboxylic acids is 1. The average Bonchev–Trinajstić information content (AvgIpc) is 2.38. The van der Waals surface area contributed by atoms with E-state index in [2.05, 4.69) is 12.6 Å². The van der Waals surface area contributed by atoms with Crippen molar-refractivity contribution in [2.24, 2.45) is 5.73 Å². The van der Waals surface area contributed by atoms with Crippen LogP contribution in [0, 0.1) is 0 Å². The standard InChI is InChI=1S/C9H8O3.C3H7NO2S/c1-6(10)7-4-2-3-5-8(7)9(11)12;4-2(1-7)3(5)6/h2-5H,1H3,(H,11,12);2,7H,1,4H2,(H,5,6)/t;2-/m.0/s1. The predicted molar refractivity (Wildman–Crippen MR) is 72.9 cm³/mol. The number of benzene rings is 1. The van der Waals surface area contributed by atoms with E-state index in [1.54, 1.807) is 12.1 Å². The van der Waals surface area contributed by atoms with Crippen molar-refractivity contribution in [1.29, 1.82) is 0 Å². The van der Waals surface area contributed by atoms with Crippen LogP contribution in [0.3, 0.4) is 0 Å². The molecule has 0 unspecified atom stereocenters. The van der Waals surface area contributed by atoms with Gasteiger partial charge in [0.15, 0.2) is 5.78 Å². The average molecular weight is 285 g/mol. The first kappa shape index (κ1) is 17.1. The molecule has 0 bridgehead atoms. The van der Waals surface area contributed by atoms with Gasteiger partial charge in [-0.2, -0.15) is 12.6 Å². The molecule has 0 fully saturated rings. The Bertz CT molecular complexity index is 442. The fraction of sp³-hybridized carbons (Fsp3) is 0.250. The summed E-state index contributed by atoms with van der Waals surface area (Å²) in [5.74, 6) is -2.11. The third kappa shape index (κ3) is 6.03. The van der Waals surface area contributed by atoms with Crippen molar-refractivity contribution in [3.05, 3.63) is 35.4 Å². The summed E-state index contributed by atoms with van der Waals surface area (Å²) in [5, 5.41) is 16.7. The second-order valence-electron chi connectivity index (χ2n) is 3.53. The molecule has 0 aliphatic carbocycles. The molecule has 6 nitrogen and oxygen atoms in total. The summed E-state index contributed by atoms with van der Waals surface area (Å²) >= 11 is 3.65. The molecule has 0 heterocycles. The van der Waals surface area contributed by atoms with Gasteiger partial charge in [0.05, 0.1) is 5.56 Å². The van der Waals surface area contributed by atoms with Crippen molar-refractivity contribution >= 4 is 30.4 Å². The molecule has 0 spiro atoms. The van der Waals surface area contributed by atoms with Gasteiger partial charge >= 0.3 is 11.9 Å². The molecule has 7 heteroatoms. The third-order valence-electron chi connectivity index (χ3n) is 2.05. The number of ketones is 1. The zero-order chi connectivity index (χ0) is 15.0. The normalized spacial score (nSPS) is 10.9. The smallest absolute Gasteiger partial charge is 0.336 e. The molecule has 0 aliphatic rings. The van der Waals surface area contributed by atoms with Gasteiger partial charge in [0.2, 0.25) is 0 Å². The SMILES string of the molecule is CC(=O)c1ccccc1C(=O)O.N[C@@H](CS)C(=O)O. The van der Waals surface area contributed by atoms with E-state index in [0.29, 0.717) is 0 Å². The number of carboxylic acids is 2. The fourth-order valence-corrected chi connectivity index (χ4v) is 1.21.